The zero-order valence-electron chi connectivity index (χ0n) is 49.3. The van der Waals surface area contributed by atoms with Crippen molar-refractivity contribution in [1.29, 1.82) is 0 Å². The number of aromatic amines is 1. The Hall–Kier alpha value is -9.87. The topological polar surface area (TPSA) is 467 Å². The Morgan fingerprint density at radius 2 is 1.24 bits per heavy atom. The van der Waals surface area contributed by atoms with E-state index in [1.54, 1.807) is 20.0 Å². The molecule has 0 fully saturated rings. The molecule has 0 aliphatic carbocycles. The van der Waals surface area contributed by atoms with Crippen LogP contribution in [0.2, 0.25) is 0 Å². The minimum absolute atomic E-state index is 0.00328. The smallest absolute Gasteiger partial charge is 0.334 e. The van der Waals surface area contributed by atoms with Gasteiger partial charge in [0.25, 0.3) is 5.91 Å². The number of hydrogen-bond acceptors (Lipinski definition) is 14. The molecule has 0 bridgehead atoms. The summed E-state index contributed by atoms with van der Waals surface area (Å²) in [6, 6.07) is 6.31. The third kappa shape index (κ3) is 22.6. The van der Waals surface area contributed by atoms with Gasteiger partial charge in [0, 0.05) is 56.9 Å². The summed E-state index contributed by atoms with van der Waals surface area (Å²) in [7, 11) is 1.47. The Morgan fingerprint density at radius 3 is 1.86 bits per heavy atom. The number of nitrogens with zero attached hydrogens (tertiary/aromatic N) is 1. The Labute approximate surface area is 500 Å². The number of primary amides is 2. The van der Waals surface area contributed by atoms with Gasteiger partial charge in [0.05, 0.1) is 12.5 Å². The second kappa shape index (κ2) is 33.0. The number of phenols is 1. The molecule has 3 aromatic carbocycles. The number of urea groups is 1. The molecule has 0 spiro atoms. The van der Waals surface area contributed by atoms with Crippen LogP contribution in [0.4, 0.5) is 9.18 Å². The number of phenolic OH excluding ortho intramolecular Hbond substituents is 1. The largest absolute Gasteiger partial charge is 0.508 e. The lowest BCUT2D eigenvalue weighted by molar-refractivity contribution is -0.138. The molecule has 0 radical (unpaired) electrons. The molecule has 1 aromatic heterocycles. The molecule has 0 unspecified atom stereocenters. The highest BCUT2D eigenvalue weighted by Gasteiger charge is 2.38. The van der Waals surface area contributed by atoms with E-state index in [1.807, 2.05) is 24.3 Å². The van der Waals surface area contributed by atoms with Gasteiger partial charge in [-0.3, -0.25) is 58.4 Å². The second-order valence-corrected chi connectivity index (χ2v) is 21.6. The van der Waals surface area contributed by atoms with Crippen molar-refractivity contribution in [3.8, 4) is 5.75 Å². The van der Waals surface area contributed by atoms with Gasteiger partial charge in [0.1, 0.15) is 59.4 Å². The average molecular weight is 1220 g/mol. The fourth-order valence-electron chi connectivity index (χ4n) is 8.80. The van der Waals surface area contributed by atoms with Gasteiger partial charge < -0.3 is 80.2 Å². The lowest BCUT2D eigenvalue weighted by Gasteiger charge is -2.30. The first-order valence-corrected chi connectivity index (χ1v) is 27.7. The molecule has 20 N–H and O–H groups in total. The number of benzene rings is 3. The van der Waals surface area contributed by atoms with Crippen LogP contribution >= 0.6 is 0 Å². The molecular weight excluding hydrogens is 1140 g/mol. The average Bonchev–Trinajstić information content (AvgIpc) is 2.82. The Balaban J connectivity index is 1.50. The van der Waals surface area contributed by atoms with E-state index in [0.29, 0.717) is 11.1 Å². The van der Waals surface area contributed by atoms with Crippen LogP contribution in [-0.2, 0) is 67.2 Å². The number of aliphatic imine (C=N–C) groups is 1. The Kier molecular flexibility index (Phi) is 26.4. The van der Waals surface area contributed by atoms with E-state index >= 15 is 4.39 Å². The van der Waals surface area contributed by atoms with Crippen LogP contribution in [0.3, 0.4) is 0 Å². The maximum atomic E-state index is 15.1. The minimum atomic E-state index is -1.97. The van der Waals surface area contributed by atoms with Crippen molar-refractivity contribution in [2.75, 3.05) is 13.6 Å². The van der Waals surface area contributed by atoms with Gasteiger partial charge in [-0.25, -0.2) is 14.6 Å². The van der Waals surface area contributed by atoms with E-state index in [0.717, 1.165) is 23.9 Å². The number of amides is 12. The molecule has 1 heterocycles. The predicted octanol–water partition coefficient (Wildman–Crippen LogP) is -2.34. The Morgan fingerprint density at radius 1 is 0.644 bits per heavy atom. The molecule has 0 aliphatic heterocycles. The standard InChI is InChI=1S/C57H79FN16O13/c1-29(2)23-41(49(81)66-39(17-12-22-63-55(61)62-7)48(80)67-40(47(60)79)26-34-28-64-38-16-11-9-14-36(34)38)70-56(87)74-73-52(84)43(25-33-13-8-10-15-37(33)58)68-53(85)46(30(3)75)71-50(82)44(27-45(59)78)69-54(86)57(5,6)72-51(83)42(65-31(4)76)24-32-18-20-35(77)21-19-32/h8-11,13-16,18-21,28-30,39-44,46,64,75,77H,12,17,22-27H2,1-7H3,(H2,59,78)(H2,60,79)(H,65,76)(H,66,81)(H,67,80)(H,68,85)(H,69,86)(H,71,82)(H,72,83)(H,73,84)(H3,61,62,63)(H2,70,74,87)/t30-,39+,40+,41+,42-,43+,44+,46+/m1/s1. The van der Waals surface area contributed by atoms with Crippen molar-refractivity contribution in [3.05, 3.63) is 102 Å². The number of fused-ring (bicyclic) bond motifs is 1. The summed E-state index contributed by atoms with van der Waals surface area (Å²) >= 11 is 0. The van der Waals surface area contributed by atoms with Gasteiger partial charge in [-0.15, -0.1) is 0 Å². The number of rotatable bonds is 31. The molecular formula is C57H79FN16O13. The normalized spacial score (nSPS) is 14.2. The quantitative estimate of drug-likeness (QED) is 0.0109. The number of carbonyl (C=O) groups excluding carboxylic acids is 11. The van der Waals surface area contributed by atoms with Crippen molar-refractivity contribution in [2.45, 2.75) is 140 Å². The molecule has 8 atom stereocenters. The summed E-state index contributed by atoms with van der Waals surface area (Å²) in [6.07, 6.45) is -1.41. The van der Waals surface area contributed by atoms with Crippen molar-refractivity contribution in [3.63, 3.8) is 0 Å². The van der Waals surface area contributed by atoms with Crippen LogP contribution in [0, 0.1) is 11.7 Å². The van der Waals surface area contributed by atoms with Crippen LogP contribution in [0.5, 0.6) is 5.75 Å². The monoisotopic (exact) mass is 1210 g/mol. The lowest BCUT2D eigenvalue weighted by atomic mass is 9.99. The van der Waals surface area contributed by atoms with E-state index in [2.05, 4.69) is 68.7 Å². The number of nitrogens with two attached hydrogens (primary N) is 3. The summed E-state index contributed by atoms with van der Waals surface area (Å²) in [6.45, 7) is 8.44. The zero-order valence-corrected chi connectivity index (χ0v) is 49.3. The predicted molar refractivity (Wildman–Crippen MR) is 316 cm³/mol. The number of halogens is 1. The number of aliphatic hydroxyl groups is 1. The number of hydrazine groups is 1. The van der Waals surface area contributed by atoms with Gasteiger partial charge in [0.2, 0.25) is 53.2 Å². The van der Waals surface area contributed by atoms with E-state index < -0.39 is 138 Å². The molecule has 0 saturated heterocycles. The number of H-pyrrole nitrogens is 1. The summed E-state index contributed by atoms with van der Waals surface area (Å²) in [5.74, 6) is -10.8. The summed E-state index contributed by atoms with van der Waals surface area (Å²) in [5, 5.41) is 43.7. The first-order valence-electron chi connectivity index (χ1n) is 27.7. The highest BCUT2D eigenvalue weighted by Crippen LogP contribution is 2.20. The van der Waals surface area contributed by atoms with Crippen molar-refractivity contribution >= 4 is 82.0 Å². The van der Waals surface area contributed by atoms with E-state index in [1.165, 1.54) is 70.3 Å². The van der Waals surface area contributed by atoms with Crippen molar-refractivity contribution < 1.29 is 67.3 Å². The molecule has 0 aliphatic rings. The number of aromatic nitrogens is 1. The molecule has 0 saturated carbocycles. The number of hydrogen-bond donors (Lipinski definition) is 17. The third-order valence-electron chi connectivity index (χ3n) is 13.4. The number of nitrogens with one attached hydrogen (secondary N) is 12. The number of para-hydroxylation sites is 1. The summed E-state index contributed by atoms with van der Waals surface area (Å²) < 4.78 is 15.1. The van der Waals surface area contributed by atoms with Gasteiger partial charge in [0.15, 0.2) is 5.96 Å². The van der Waals surface area contributed by atoms with E-state index in [-0.39, 0.29) is 61.8 Å². The first kappa shape index (κ1) is 69.6. The van der Waals surface area contributed by atoms with Gasteiger partial charge in [-0.05, 0) is 86.9 Å². The first-order chi connectivity index (χ1) is 41.0. The van der Waals surface area contributed by atoms with Crippen LogP contribution in [0.25, 0.3) is 10.9 Å². The van der Waals surface area contributed by atoms with Crippen molar-refractivity contribution in [1.82, 2.24) is 63.7 Å². The molecule has 4 rings (SSSR count). The zero-order chi connectivity index (χ0) is 64.7. The SMILES string of the molecule is CN=C(N)NCCC[C@H](NC(=O)[C@H](CC(C)C)NC(=O)NNC(=O)[C@H](Cc1ccccc1F)NC(=O)[C@@H](NC(=O)[C@H](CC(N)=O)NC(=O)C(C)(C)NC(=O)[C@@H](Cc1ccc(O)cc1)NC(C)=O)[C@@H](C)O)C(=O)N[C@@H](Cc1c[nH]c2ccccc12)C(N)=O. The Bertz CT molecular complexity index is 3140. The number of carbonyl (C=O) groups is 11. The van der Waals surface area contributed by atoms with Gasteiger partial charge in [-0.2, -0.15) is 0 Å². The summed E-state index contributed by atoms with van der Waals surface area (Å²) in [4.78, 5) is 155. The number of aromatic hydroxyl groups is 1. The molecule has 472 valence electrons. The van der Waals surface area contributed by atoms with Gasteiger partial charge in [-0.1, -0.05) is 62.4 Å². The maximum absolute atomic E-state index is 15.1. The van der Waals surface area contributed by atoms with Crippen molar-refractivity contribution in [2.24, 2.45) is 28.1 Å². The van der Waals surface area contributed by atoms with E-state index in [9.17, 15) is 63.0 Å². The number of aliphatic hydroxyl groups excluding tert-OH is 1. The fraction of sp³-hybridized carbons (Fsp3) is 0.439. The second-order valence-electron chi connectivity index (χ2n) is 21.6. The molecule has 87 heavy (non-hydrogen) atoms. The lowest BCUT2D eigenvalue weighted by Crippen LogP contribution is -2.64. The summed E-state index contributed by atoms with van der Waals surface area (Å²) in [5.41, 5.74) is 21.2. The molecule has 29 nitrogen and oxygen atoms in total. The van der Waals surface area contributed by atoms with Crippen LogP contribution in [0.1, 0.15) is 83.9 Å². The van der Waals surface area contributed by atoms with Crippen LogP contribution < -0.4 is 75.9 Å². The van der Waals surface area contributed by atoms with Crippen LogP contribution in [-0.4, -0.2) is 154 Å². The maximum Gasteiger partial charge on any atom is 0.334 e. The highest BCUT2D eigenvalue weighted by atomic mass is 19.1. The molecule has 30 heteroatoms. The molecule has 12 amide bonds. The number of guanidine groups is 1. The minimum Gasteiger partial charge on any atom is -0.508 e. The van der Waals surface area contributed by atoms with E-state index in [4.69, 9.17) is 17.2 Å². The van der Waals surface area contributed by atoms with Gasteiger partial charge >= 0.3 is 6.03 Å². The third-order valence-corrected chi connectivity index (χ3v) is 13.4. The highest BCUT2D eigenvalue weighted by molar-refractivity contribution is 6.00. The van der Waals surface area contributed by atoms with Crippen LogP contribution in [0.15, 0.2) is 84.0 Å². The fourth-order valence-corrected chi connectivity index (χ4v) is 8.80. The molecule has 4 aromatic rings.